The predicted molar refractivity (Wildman–Crippen MR) is 63.4 cm³/mol. The summed E-state index contributed by atoms with van der Waals surface area (Å²) < 4.78 is 5.09. The van der Waals surface area contributed by atoms with Crippen LogP contribution in [-0.4, -0.2) is 25.6 Å². The quantitative estimate of drug-likeness (QED) is 0.771. The summed E-state index contributed by atoms with van der Waals surface area (Å²) in [7, 11) is 1.61. The van der Waals surface area contributed by atoms with Gasteiger partial charge in [0, 0.05) is 12.6 Å². The molecular weight excluding hydrogens is 204 g/mol. The number of hydrogen-bond donors (Lipinski definition) is 2. The first-order chi connectivity index (χ1) is 7.65. The van der Waals surface area contributed by atoms with Crippen LogP contribution in [0.3, 0.4) is 0 Å². The highest BCUT2D eigenvalue weighted by atomic mass is 16.5. The molecule has 0 aliphatic heterocycles. The molecule has 0 aliphatic carbocycles. The summed E-state index contributed by atoms with van der Waals surface area (Å²) in [5.41, 5.74) is 6.36. The molecule has 0 saturated carbocycles. The van der Waals surface area contributed by atoms with Gasteiger partial charge in [0.2, 0.25) is 5.91 Å². The molecule has 1 aromatic rings. The summed E-state index contributed by atoms with van der Waals surface area (Å²) in [4.78, 5) is 11.6. The first-order valence-corrected chi connectivity index (χ1v) is 5.28. The normalized spacial score (nSPS) is 11.9. The topological polar surface area (TPSA) is 64.3 Å². The molecule has 0 radical (unpaired) electrons. The van der Waals surface area contributed by atoms with Crippen LogP contribution in [0.1, 0.15) is 12.5 Å². The Morgan fingerprint density at radius 1 is 1.56 bits per heavy atom. The van der Waals surface area contributed by atoms with Crippen LogP contribution in [0.4, 0.5) is 0 Å². The fraction of sp³-hybridized carbons (Fsp3) is 0.417. The molecular formula is C12H18N2O2. The van der Waals surface area contributed by atoms with E-state index in [0.717, 1.165) is 11.3 Å². The number of nitrogens with two attached hydrogens (primary N) is 1. The Kier molecular flexibility index (Phi) is 4.79. The Hall–Kier alpha value is -1.55. The molecule has 0 heterocycles. The van der Waals surface area contributed by atoms with E-state index in [9.17, 15) is 4.79 Å². The lowest BCUT2D eigenvalue weighted by Crippen LogP contribution is -2.38. The second-order valence-corrected chi connectivity index (χ2v) is 3.73. The highest BCUT2D eigenvalue weighted by Gasteiger charge is 2.07. The van der Waals surface area contributed by atoms with E-state index in [0.29, 0.717) is 13.0 Å². The molecule has 1 amide bonds. The van der Waals surface area contributed by atoms with Crippen molar-refractivity contribution in [1.29, 1.82) is 0 Å². The van der Waals surface area contributed by atoms with Crippen molar-refractivity contribution in [2.45, 2.75) is 19.4 Å². The second kappa shape index (κ2) is 6.12. The largest absolute Gasteiger partial charge is 0.497 e. The number of hydrogen-bond acceptors (Lipinski definition) is 3. The molecule has 0 saturated heterocycles. The zero-order chi connectivity index (χ0) is 12.0. The minimum atomic E-state index is -0.0220. The summed E-state index contributed by atoms with van der Waals surface area (Å²) in [6.07, 6.45) is 0.349. The lowest BCUT2D eigenvalue weighted by molar-refractivity contribution is -0.120. The van der Waals surface area contributed by atoms with Crippen molar-refractivity contribution >= 4 is 5.91 Å². The van der Waals surface area contributed by atoms with E-state index < -0.39 is 0 Å². The van der Waals surface area contributed by atoms with E-state index in [1.54, 1.807) is 7.11 Å². The number of nitrogens with one attached hydrogen (secondary N) is 1. The molecule has 3 N–H and O–H groups in total. The molecule has 16 heavy (non-hydrogen) atoms. The van der Waals surface area contributed by atoms with Gasteiger partial charge in [-0.3, -0.25) is 4.79 Å². The van der Waals surface area contributed by atoms with Gasteiger partial charge in [0.15, 0.2) is 0 Å². The summed E-state index contributed by atoms with van der Waals surface area (Å²) >= 11 is 0. The molecule has 0 unspecified atom stereocenters. The summed E-state index contributed by atoms with van der Waals surface area (Å²) in [5.74, 6) is 0.739. The van der Waals surface area contributed by atoms with Crippen molar-refractivity contribution < 1.29 is 9.53 Å². The zero-order valence-corrected chi connectivity index (χ0v) is 9.69. The Morgan fingerprint density at radius 3 is 2.94 bits per heavy atom. The summed E-state index contributed by atoms with van der Waals surface area (Å²) in [6, 6.07) is 7.48. The fourth-order valence-corrected chi connectivity index (χ4v) is 1.35. The molecule has 4 nitrogen and oxygen atoms in total. The van der Waals surface area contributed by atoms with Crippen LogP contribution in [0.2, 0.25) is 0 Å². The van der Waals surface area contributed by atoms with E-state index in [-0.39, 0.29) is 11.9 Å². The Morgan fingerprint density at radius 2 is 2.31 bits per heavy atom. The second-order valence-electron chi connectivity index (χ2n) is 3.73. The van der Waals surface area contributed by atoms with Crippen molar-refractivity contribution in [3.8, 4) is 5.75 Å². The fourth-order valence-electron chi connectivity index (χ4n) is 1.35. The number of amides is 1. The van der Waals surface area contributed by atoms with Crippen molar-refractivity contribution in [3.05, 3.63) is 29.8 Å². The Bertz CT molecular complexity index is 353. The van der Waals surface area contributed by atoms with Crippen LogP contribution < -0.4 is 15.8 Å². The molecule has 0 bridgehead atoms. The molecule has 0 aromatic heterocycles. The van der Waals surface area contributed by atoms with Crippen LogP contribution in [0, 0.1) is 0 Å². The summed E-state index contributed by atoms with van der Waals surface area (Å²) in [6.45, 7) is 2.33. The minimum Gasteiger partial charge on any atom is -0.497 e. The smallest absolute Gasteiger partial charge is 0.224 e. The third-order valence-corrected chi connectivity index (χ3v) is 2.26. The van der Waals surface area contributed by atoms with Crippen molar-refractivity contribution in [2.75, 3.05) is 13.7 Å². The molecule has 1 atom stereocenters. The van der Waals surface area contributed by atoms with Gasteiger partial charge < -0.3 is 15.8 Å². The van der Waals surface area contributed by atoms with E-state index in [4.69, 9.17) is 10.5 Å². The monoisotopic (exact) mass is 222 g/mol. The van der Waals surface area contributed by atoms with E-state index in [1.807, 2.05) is 31.2 Å². The van der Waals surface area contributed by atoms with Crippen molar-refractivity contribution in [1.82, 2.24) is 5.32 Å². The van der Waals surface area contributed by atoms with Gasteiger partial charge in [0.25, 0.3) is 0 Å². The molecule has 0 fully saturated rings. The van der Waals surface area contributed by atoms with Gasteiger partial charge in [-0.25, -0.2) is 0 Å². The van der Waals surface area contributed by atoms with Gasteiger partial charge in [0.05, 0.1) is 13.5 Å². The van der Waals surface area contributed by atoms with Crippen LogP contribution in [0.25, 0.3) is 0 Å². The molecule has 4 heteroatoms. The van der Waals surface area contributed by atoms with Gasteiger partial charge in [0.1, 0.15) is 5.75 Å². The molecule has 0 spiro atoms. The standard InChI is InChI=1S/C12H18N2O2/c1-9(8-13)14-12(15)7-10-4-3-5-11(6-10)16-2/h3-6,9H,7-8,13H2,1-2H3,(H,14,15)/t9-/m1/s1. The number of benzene rings is 1. The third kappa shape index (κ3) is 3.90. The van der Waals surface area contributed by atoms with Crippen molar-refractivity contribution in [3.63, 3.8) is 0 Å². The average Bonchev–Trinajstić information content (AvgIpc) is 2.28. The van der Waals surface area contributed by atoms with Gasteiger partial charge in [-0.1, -0.05) is 12.1 Å². The van der Waals surface area contributed by atoms with Gasteiger partial charge in [-0.05, 0) is 24.6 Å². The number of rotatable bonds is 5. The molecule has 1 aromatic carbocycles. The number of ether oxygens (including phenoxy) is 1. The van der Waals surface area contributed by atoms with E-state index in [1.165, 1.54) is 0 Å². The number of carbonyl (C=O) groups excluding carboxylic acids is 1. The zero-order valence-electron chi connectivity index (χ0n) is 9.69. The van der Waals surface area contributed by atoms with Gasteiger partial charge in [-0.15, -0.1) is 0 Å². The first-order valence-electron chi connectivity index (χ1n) is 5.28. The van der Waals surface area contributed by atoms with Gasteiger partial charge >= 0.3 is 0 Å². The van der Waals surface area contributed by atoms with Crippen LogP contribution >= 0.6 is 0 Å². The number of methoxy groups -OCH3 is 1. The highest BCUT2D eigenvalue weighted by Crippen LogP contribution is 2.12. The van der Waals surface area contributed by atoms with Gasteiger partial charge in [-0.2, -0.15) is 0 Å². The predicted octanol–water partition coefficient (Wildman–Crippen LogP) is 0.701. The number of carbonyl (C=O) groups is 1. The van der Waals surface area contributed by atoms with Crippen LogP contribution in [0.15, 0.2) is 24.3 Å². The maximum Gasteiger partial charge on any atom is 0.224 e. The molecule has 1 rings (SSSR count). The minimum absolute atomic E-state index is 0.0121. The summed E-state index contributed by atoms with van der Waals surface area (Å²) in [5, 5.41) is 2.81. The lowest BCUT2D eigenvalue weighted by atomic mass is 10.1. The lowest BCUT2D eigenvalue weighted by Gasteiger charge is -2.11. The Balaban J connectivity index is 2.55. The maximum absolute atomic E-state index is 11.6. The highest BCUT2D eigenvalue weighted by molar-refractivity contribution is 5.78. The van der Waals surface area contributed by atoms with Crippen LogP contribution in [0.5, 0.6) is 5.75 Å². The van der Waals surface area contributed by atoms with E-state index >= 15 is 0 Å². The first kappa shape index (κ1) is 12.5. The van der Waals surface area contributed by atoms with Crippen LogP contribution in [-0.2, 0) is 11.2 Å². The molecule has 0 aliphatic rings. The molecule has 88 valence electrons. The SMILES string of the molecule is COc1cccc(CC(=O)N[C@H](C)CN)c1. The average molecular weight is 222 g/mol. The Labute approximate surface area is 95.8 Å². The van der Waals surface area contributed by atoms with E-state index in [2.05, 4.69) is 5.32 Å². The van der Waals surface area contributed by atoms with Crippen molar-refractivity contribution in [2.24, 2.45) is 5.73 Å². The third-order valence-electron chi connectivity index (χ3n) is 2.26. The maximum atomic E-state index is 11.6.